The van der Waals surface area contributed by atoms with E-state index in [-0.39, 0.29) is 4.75 Å². The van der Waals surface area contributed by atoms with Crippen molar-refractivity contribution < 1.29 is 0 Å². The summed E-state index contributed by atoms with van der Waals surface area (Å²) in [5, 5.41) is 0. The van der Waals surface area contributed by atoms with Crippen molar-refractivity contribution >= 4 is 11.8 Å². The first-order valence-electron chi connectivity index (χ1n) is 5.73. The van der Waals surface area contributed by atoms with Crippen LogP contribution in [-0.4, -0.2) is 21.5 Å². The Morgan fingerprint density at radius 2 is 2.56 bits per heavy atom. The van der Waals surface area contributed by atoms with Gasteiger partial charge < -0.3 is 0 Å². The van der Waals surface area contributed by atoms with Crippen LogP contribution in [0.3, 0.4) is 0 Å². The molecule has 1 aromatic heterocycles. The molecule has 0 aromatic carbocycles. The van der Waals surface area contributed by atoms with E-state index < -0.39 is 0 Å². The van der Waals surface area contributed by atoms with Gasteiger partial charge >= 0.3 is 0 Å². The molecule has 1 saturated heterocycles. The first-order valence-corrected chi connectivity index (χ1v) is 6.72. The topological polar surface area (TPSA) is 50.9 Å². The SMILES string of the molecule is CC1(C(Cc2cccnc2)NN)CCCS1. The van der Waals surface area contributed by atoms with Crippen LogP contribution in [0.4, 0.5) is 0 Å². The number of rotatable bonds is 4. The summed E-state index contributed by atoms with van der Waals surface area (Å²) in [6.07, 6.45) is 7.22. The largest absolute Gasteiger partial charge is 0.271 e. The van der Waals surface area contributed by atoms with Gasteiger partial charge in [0, 0.05) is 23.2 Å². The van der Waals surface area contributed by atoms with E-state index in [9.17, 15) is 0 Å². The molecule has 2 heterocycles. The summed E-state index contributed by atoms with van der Waals surface area (Å²) in [6, 6.07) is 4.41. The lowest BCUT2D eigenvalue weighted by Gasteiger charge is -2.32. The van der Waals surface area contributed by atoms with Gasteiger partial charge in [-0.05, 0) is 43.6 Å². The minimum absolute atomic E-state index is 0.268. The average Bonchev–Trinajstić information content (AvgIpc) is 2.75. The number of pyridine rings is 1. The molecule has 2 rings (SSSR count). The van der Waals surface area contributed by atoms with Gasteiger partial charge in [-0.25, -0.2) is 0 Å². The summed E-state index contributed by atoms with van der Waals surface area (Å²) in [7, 11) is 0. The number of aromatic nitrogens is 1. The number of nitrogens with two attached hydrogens (primary N) is 1. The van der Waals surface area contributed by atoms with E-state index in [0.29, 0.717) is 6.04 Å². The first-order chi connectivity index (χ1) is 7.74. The van der Waals surface area contributed by atoms with E-state index in [1.165, 1.54) is 24.2 Å². The van der Waals surface area contributed by atoms with Crippen molar-refractivity contribution in [3.8, 4) is 0 Å². The Morgan fingerprint density at radius 1 is 1.69 bits per heavy atom. The van der Waals surface area contributed by atoms with E-state index in [0.717, 1.165) is 6.42 Å². The molecular weight excluding hydrogens is 218 g/mol. The summed E-state index contributed by atoms with van der Waals surface area (Å²) >= 11 is 2.03. The maximum atomic E-state index is 5.70. The molecule has 1 aliphatic rings. The zero-order valence-corrected chi connectivity index (χ0v) is 10.5. The van der Waals surface area contributed by atoms with Crippen molar-refractivity contribution in [2.75, 3.05) is 5.75 Å². The molecule has 1 aliphatic heterocycles. The van der Waals surface area contributed by atoms with E-state index >= 15 is 0 Å². The highest BCUT2D eigenvalue weighted by molar-refractivity contribution is 8.00. The molecule has 0 bridgehead atoms. The quantitative estimate of drug-likeness (QED) is 0.619. The van der Waals surface area contributed by atoms with Crippen LogP contribution in [0.15, 0.2) is 24.5 Å². The molecule has 0 saturated carbocycles. The van der Waals surface area contributed by atoms with Crippen LogP contribution >= 0.6 is 11.8 Å². The standard InChI is InChI=1S/C12H19N3S/c1-12(5-3-7-16-12)11(15-13)8-10-4-2-6-14-9-10/h2,4,6,9,11,15H,3,5,7-8,13H2,1H3. The molecule has 4 heteroatoms. The van der Waals surface area contributed by atoms with Gasteiger partial charge in [0.1, 0.15) is 0 Å². The minimum Gasteiger partial charge on any atom is -0.271 e. The molecule has 0 aliphatic carbocycles. The fourth-order valence-corrected chi connectivity index (χ4v) is 3.68. The number of hydrogen-bond donors (Lipinski definition) is 2. The molecule has 16 heavy (non-hydrogen) atoms. The van der Waals surface area contributed by atoms with Crippen molar-refractivity contribution in [1.82, 2.24) is 10.4 Å². The summed E-state index contributed by atoms with van der Waals surface area (Å²) in [6.45, 7) is 2.31. The Morgan fingerprint density at radius 3 is 3.12 bits per heavy atom. The lowest BCUT2D eigenvalue weighted by atomic mass is 9.92. The van der Waals surface area contributed by atoms with Crippen molar-refractivity contribution in [2.24, 2.45) is 5.84 Å². The Hall–Kier alpha value is -0.580. The van der Waals surface area contributed by atoms with Gasteiger partial charge in [0.25, 0.3) is 0 Å². The number of thioether (sulfide) groups is 1. The second-order valence-corrected chi connectivity index (χ2v) is 6.18. The zero-order valence-electron chi connectivity index (χ0n) is 9.65. The summed E-state index contributed by atoms with van der Waals surface area (Å²) in [5.74, 6) is 6.95. The van der Waals surface area contributed by atoms with Gasteiger partial charge in [0.2, 0.25) is 0 Å². The third-order valence-electron chi connectivity index (χ3n) is 3.35. The Bertz CT molecular complexity index is 322. The highest BCUT2D eigenvalue weighted by atomic mass is 32.2. The maximum absolute atomic E-state index is 5.70. The molecule has 0 radical (unpaired) electrons. The second kappa shape index (κ2) is 5.17. The lowest BCUT2D eigenvalue weighted by Crippen LogP contribution is -2.50. The fourth-order valence-electron chi connectivity index (χ4n) is 2.28. The van der Waals surface area contributed by atoms with E-state index in [4.69, 9.17) is 5.84 Å². The summed E-state index contributed by atoms with van der Waals surface area (Å²) in [4.78, 5) is 4.15. The van der Waals surface area contributed by atoms with Crippen LogP contribution < -0.4 is 11.3 Å². The molecule has 2 unspecified atom stereocenters. The highest BCUT2D eigenvalue weighted by Crippen LogP contribution is 2.41. The van der Waals surface area contributed by atoms with Gasteiger partial charge in [-0.1, -0.05) is 6.07 Å². The van der Waals surface area contributed by atoms with E-state index in [1.54, 1.807) is 6.20 Å². The van der Waals surface area contributed by atoms with Gasteiger partial charge in [-0.15, -0.1) is 0 Å². The van der Waals surface area contributed by atoms with Crippen LogP contribution in [0.2, 0.25) is 0 Å². The molecule has 1 aromatic rings. The van der Waals surface area contributed by atoms with Crippen molar-refractivity contribution in [3.63, 3.8) is 0 Å². The van der Waals surface area contributed by atoms with Crippen molar-refractivity contribution in [1.29, 1.82) is 0 Å². The first kappa shape index (κ1) is 11.9. The predicted octanol–water partition coefficient (Wildman–Crippen LogP) is 1.74. The van der Waals surface area contributed by atoms with Crippen molar-refractivity contribution in [3.05, 3.63) is 30.1 Å². The summed E-state index contributed by atoms with van der Waals surface area (Å²) < 4.78 is 0.268. The number of nitrogens with zero attached hydrogens (tertiary/aromatic N) is 1. The highest BCUT2D eigenvalue weighted by Gasteiger charge is 2.37. The molecule has 3 N–H and O–H groups in total. The second-order valence-electron chi connectivity index (χ2n) is 4.55. The third kappa shape index (κ3) is 2.56. The molecular formula is C12H19N3S. The normalized spacial score (nSPS) is 26.9. The van der Waals surface area contributed by atoms with Crippen LogP contribution in [0.5, 0.6) is 0 Å². The predicted molar refractivity (Wildman–Crippen MR) is 69.1 cm³/mol. The Labute approximate surface area is 101 Å². The van der Waals surface area contributed by atoms with Gasteiger partial charge in [-0.3, -0.25) is 16.3 Å². The summed E-state index contributed by atoms with van der Waals surface area (Å²) in [5.41, 5.74) is 4.23. The third-order valence-corrected chi connectivity index (χ3v) is 4.99. The smallest absolute Gasteiger partial charge is 0.0395 e. The number of nitrogens with one attached hydrogen (secondary N) is 1. The number of hydrazine groups is 1. The van der Waals surface area contributed by atoms with Crippen LogP contribution in [0.25, 0.3) is 0 Å². The molecule has 0 spiro atoms. The van der Waals surface area contributed by atoms with Crippen LogP contribution in [-0.2, 0) is 6.42 Å². The molecule has 2 atom stereocenters. The van der Waals surface area contributed by atoms with Gasteiger partial charge in [0.15, 0.2) is 0 Å². The average molecular weight is 237 g/mol. The monoisotopic (exact) mass is 237 g/mol. The van der Waals surface area contributed by atoms with Crippen LogP contribution in [0.1, 0.15) is 25.3 Å². The van der Waals surface area contributed by atoms with E-state index in [2.05, 4.69) is 23.4 Å². The van der Waals surface area contributed by atoms with Crippen molar-refractivity contribution in [2.45, 2.75) is 37.0 Å². The lowest BCUT2D eigenvalue weighted by molar-refractivity contribution is 0.405. The Balaban J connectivity index is 2.06. The molecule has 88 valence electrons. The maximum Gasteiger partial charge on any atom is 0.0395 e. The zero-order chi connectivity index (χ0) is 11.4. The number of hydrogen-bond acceptors (Lipinski definition) is 4. The van der Waals surface area contributed by atoms with E-state index in [1.807, 2.05) is 24.0 Å². The molecule has 3 nitrogen and oxygen atoms in total. The Kier molecular flexibility index (Phi) is 3.84. The minimum atomic E-state index is 0.268. The fraction of sp³-hybridized carbons (Fsp3) is 0.583. The van der Waals surface area contributed by atoms with Gasteiger partial charge in [-0.2, -0.15) is 11.8 Å². The molecule has 1 fully saturated rings. The molecule has 0 amide bonds. The van der Waals surface area contributed by atoms with Gasteiger partial charge in [0.05, 0.1) is 0 Å². The van der Waals surface area contributed by atoms with Crippen LogP contribution in [0, 0.1) is 0 Å².